The van der Waals surface area contributed by atoms with Crippen LogP contribution in [0.5, 0.6) is 0 Å². The number of amides is 1. The summed E-state index contributed by atoms with van der Waals surface area (Å²) < 4.78 is 1.03. The molecule has 0 radical (unpaired) electrons. The molecule has 0 bridgehead atoms. The van der Waals surface area contributed by atoms with Crippen LogP contribution in [0.3, 0.4) is 0 Å². The average molecular weight is 453 g/mol. The van der Waals surface area contributed by atoms with Crippen molar-refractivity contribution in [1.29, 1.82) is 0 Å². The van der Waals surface area contributed by atoms with E-state index in [0.29, 0.717) is 0 Å². The van der Waals surface area contributed by atoms with Gasteiger partial charge in [0, 0.05) is 34.6 Å². The standard InChI is InChI=1S/C18H20IN3OS/c19-14-5-2-1-4-13(14)18(23)22-10-8-21(9-11-22)12-17-20-15-6-3-7-16(15)24-17/h1-2,4-5H,3,6-12H2. The Balaban J connectivity index is 1.34. The summed E-state index contributed by atoms with van der Waals surface area (Å²) in [5.74, 6) is 0.160. The fourth-order valence-electron chi connectivity index (χ4n) is 3.42. The van der Waals surface area contributed by atoms with Crippen LogP contribution in [-0.2, 0) is 19.4 Å². The van der Waals surface area contributed by atoms with E-state index in [4.69, 9.17) is 4.98 Å². The molecule has 4 nitrogen and oxygen atoms in total. The van der Waals surface area contributed by atoms with Crippen molar-refractivity contribution >= 4 is 39.8 Å². The monoisotopic (exact) mass is 453 g/mol. The minimum absolute atomic E-state index is 0.160. The van der Waals surface area contributed by atoms with Crippen molar-refractivity contribution in [2.75, 3.05) is 26.2 Å². The predicted octanol–water partition coefficient (Wildman–Crippen LogP) is 3.19. The van der Waals surface area contributed by atoms with E-state index in [-0.39, 0.29) is 5.91 Å². The van der Waals surface area contributed by atoms with Gasteiger partial charge in [-0.25, -0.2) is 4.98 Å². The van der Waals surface area contributed by atoms with Gasteiger partial charge in [-0.1, -0.05) is 12.1 Å². The summed E-state index contributed by atoms with van der Waals surface area (Å²) in [5, 5.41) is 1.25. The topological polar surface area (TPSA) is 36.4 Å². The summed E-state index contributed by atoms with van der Waals surface area (Å²) in [6, 6.07) is 7.83. The Morgan fingerprint density at radius 2 is 1.96 bits per heavy atom. The SMILES string of the molecule is O=C(c1ccccc1I)N1CCN(Cc2nc3c(s2)CCC3)CC1. The largest absolute Gasteiger partial charge is 0.336 e. The smallest absolute Gasteiger partial charge is 0.255 e. The van der Waals surface area contributed by atoms with Crippen molar-refractivity contribution in [2.45, 2.75) is 25.8 Å². The summed E-state index contributed by atoms with van der Waals surface area (Å²) in [6.07, 6.45) is 3.64. The molecule has 4 rings (SSSR count). The van der Waals surface area contributed by atoms with E-state index in [1.54, 1.807) is 0 Å². The minimum Gasteiger partial charge on any atom is -0.336 e. The predicted molar refractivity (Wildman–Crippen MR) is 104 cm³/mol. The van der Waals surface area contributed by atoms with Crippen LogP contribution in [0.15, 0.2) is 24.3 Å². The van der Waals surface area contributed by atoms with E-state index < -0.39 is 0 Å². The first-order chi connectivity index (χ1) is 11.7. The number of benzene rings is 1. The number of carbonyl (C=O) groups excluding carboxylic acids is 1. The molecular weight excluding hydrogens is 433 g/mol. The normalized spacial score (nSPS) is 18.0. The maximum atomic E-state index is 12.7. The molecule has 1 saturated heterocycles. The van der Waals surface area contributed by atoms with Gasteiger partial charge >= 0.3 is 0 Å². The van der Waals surface area contributed by atoms with Crippen molar-refractivity contribution in [3.63, 3.8) is 0 Å². The van der Waals surface area contributed by atoms with Crippen molar-refractivity contribution in [3.05, 3.63) is 49.0 Å². The molecule has 1 aromatic carbocycles. The van der Waals surface area contributed by atoms with Gasteiger partial charge < -0.3 is 4.90 Å². The molecule has 0 atom stereocenters. The molecule has 0 unspecified atom stereocenters. The fraction of sp³-hybridized carbons (Fsp3) is 0.444. The van der Waals surface area contributed by atoms with Crippen molar-refractivity contribution in [2.24, 2.45) is 0 Å². The maximum Gasteiger partial charge on any atom is 0.255 e. The Kier molecular flexibility index (Phi) is 4.87. The van der Waals surface area contributed by atoms with Gasteiger partial charge in [-0.2, -0.15) is 0 Å². The molecule has 2 aliphatic rings. The van der Waals surface area contributed by atoms with Gasteiger partial charge in [0.05, 0.1) is 17.8 Å². The summed E-state index contributed by atoms with van der Waals surface area (Å²) in [7, 11) is 0. The number of fused-ring (bicyclic) bond motifs is 1. The number of thiazole rings is 1. The number of hydrogen-bond acceptors (Lipinski definition) is 4. The number of hydrogen-bond donors (Lipinski definition) is 0. The van der Waals surface area contributed by atoms with E-state index in [0.717, 1.165) is 48.3 Å². The maximum absolute atomic E-state index is 12.7. The summed E-state index contributed by atoms with van der Waals surface area (Å²) in [4.78, 5) is 23.4. The quantitative estimate of drug-likeness (QED) is 0.670. The highest BCUT2D eigenvalue weighted by Gasteiger charge is 2.24. The highest BCUT2D eigenvalue weighted by atomic mass is 127. The zero-order chi connectivity index (χ0) is 16.5. The second kappa shape index (κ2) is 7.09. The Labute approximate surface area is 160 Å². The highest BCUT2D eigenvalue weighted by molar-refractivity contribution is 14.1. The molecule has 0 saturated carbocycles. The number of piperazine rings is 1. The van der Waals surface area contributed by atoms with Crippen LogP contribution < -0.4 is 0 Å². The lowest BCUT2D eigenvalue weighted by Crippen LogP contribution is -2.48. The van der Waals surface area contributed by atoms with Crippen molar-refractivity contribution < 1.29 is 4.79 Å². The van der Waals surface area contributed by atoms with Crippen LogP contribution in [-0.4, -0.2) is 46.9 Å². The first-order valence-electron chi connectivity index (χ1n) is 8.44. The Morgan fingerprint density at radius 1 is 1.17 bits per heavy atom. The van der Waals surface area contributed by atoms with E-state index in [2.05, 4.69) is 27.5 Å². The molecule has 1 aliphatic heterocycles. The summed E-state index contributed by atoms with van der Waals surface area (Å²) in [6.45, 7) is 4.39. The molecule has 0 N–H and O–H groups in total. The van der Waals surface area contributed by atoms with E-state index >= 15 is 0 Å². The van der Waals surface area contributed by atoms with Gasteiger partial charge in [0.1, 0.15) is 5.01 Å². The number of halogens is 1. The number of carbonyl (C=O) groups is 1. The molecule has 126 valence electrons. The molecule has 1 fully saturated rings. The third-order valence-electron chi connectivity index (χ3n) is 4.76. The van der Waals surface area contributed by atoms with Gasteiger partial charge in [-0.05, 0) is 54.0 Å². The van der Waals surface area contributed by atoms with Crippen molar-refractivity contribution in [3.8, 4) is 0 Å². The van der Waals surface area contributed by atoms with Crippen LogP contribution in [0.25, 0.3) is 0 Å². The molecule has 2 heterocycles. The Morgan fingerprint density at radius 3 is 2.71 bits per heavy atom. The lowest BCUT2D eigenvalue weighted by atomic mass is 10.2. The number of aryl methyl sites for hydroxylation is 2. The Bertz CT molecular complexity index is 731. The van der Waals surface area contributed by atoms with E-state index in [1.165, 1.54) is 28.4 Å². The molecular formula is C18H20IN3OS. The van der Waals surface area contributed by atoms with Crippen LogP contribution in [0, 0.1) is 3.57 Å². The van der Waals surface area contributed by atoms with E-state index in [9.17, 15) is 4.79 Å². The first kappa shape index (κ1) is 16.5. The molecule has 1 aromatic heterocycles. The molecule has 2 aromatic rings. The van der Waals surface area contributed by atoms with Crippen LogP contribution in [0.2, 0.25) is 0 Å². The number of aromatic nitrogens is 1. The molecule has 0 spiro atoms. The molecule has 1 amide bonds. The summed E-state index contributed by atoms with van der Waals surface area (Å²) in [5.41, 5.74) is 2.16. The third-order valence-corrected chi connectivity index (χ3v) is 6.85. The third kappa shape index (κ3) is 3.36. The fourth-order valence-corrected chi connectivity index (χ4v) is 5.23. The van der Waals surface area contributed by atoms with Gasteiger partial charge in [-0.3, -0.25) is 9.69 Å². The average Bonchev–Trinajstić information content (AvgIpc) is 3.17. The second-order valence-electron chi connectivity index (χ2n) is 6.38. The Hall–Kier alpha value is -0.990. The zero-order valence-electron chi connectivity index (χ0n) is 13.5. The lowest BCUT2D eigenvalue weighted by molar-refractivity contribution is 0.0627. The van der Waals surface area contributed by atoms with Crippen LogP contribution >= 0.6 is 33.9 Å². The zero-order valence-corrected chi connectivity index (χ0v) is 16.5. The lowest BCUT2D eigenvalue weighted by Gasteiger charge is -2.34. The molecule has 1 aliphatic carbocycles. The van der Waals surface area contributed by atoms with Gasteiger partial charge in [-0.15, -0.1) is 11.3 Å². The van der Waals surface area contributed by atoms with Crippen molar-refractivity contribution in [1.82, 2.24) is 14.8 Å². The van der Waals surface area contributed by atoms with E-state index in [1.807, 2.05) is 40.5 Å². The minimum atomic E-state index is 0.160. The second-order valence-corrected chi connectivity index (χ2v) is 8.71. The summed E-state index contributed by atoms with van der Waals surface area (Å²) >= 11 is 4.13. The number of rotatable bonds is 3. The van der Waals surface area contributed by atoms with Gasteiger partial charge in [0.2, 0.25) is 0 Å². The van der Waals surface area contributed by atoms with Crippen LogP contribution in [0.1, 0.15) is 32.4 Å². The number of nitrogens with zero attached hydrogens (tertiary/aromatic N) is 3. The first-order valence-corrected chi connectivity index (χ1v) is 10.3. The van der Waals surface area contributed by atoms with Gasteiger partial charge in [0.15, 0.2) is 0 Å². The molecule has 24 heavy (non-hydrogen) atoms. The highest BCUT2D eigenvalue weighted by Crippen LogP contribution is 2.28. The molecule has 6 heteroatoms. The van der Waals surface area contributed by atoms with Crippen LogP contribution in [0.4, 0.5) is 0 Å². The van der Waals surface area contributed by atoms with Gasteiger partial charge in [0.25, 0.3) is 5.91 Å².